The predicted molar refractivity (Wildman–Crippen MR) is 54.7 cm³/mol. The van der Waals surface area contributed by atoms with E-state index in [1.165, 1.54) is 0 Å². The highest BCUT2D eigenvalue weighted by Gasteiger charge is 2.16. The monoisotopic (exact) mass is 242 g/mol. The molecule has 0 amide bonds. The number of nitrogens with zero attached hydrogens (tertiary/aromatic N) is 1. The van der Waals surface area contributed by atoms with Crippen molar-refractivity contribution in [2.24, 2.45) is 0 Å². The first kappa shape index (κ1) is 12.5. The molecule has 0 aliphatic carbocycles. The normalized spacial score (nSPS) is 9.08. The van der Waals surface area contributed by atoms with Crippen molar-refractivity contribution in [2.75, 3.05) is 12.3 Å². The Bertz CT molecular complexity index is 303. The van der Waals surface area contributed by atoms with Crippen LogP contribution in [-0.2, 0) is 4.74 Å². The maximum absolute atomic E-state index is 11.1. The maximum Gasteiger partial charge on any atom is 0.359 e. The minimum absolute atomic E-state index is 0. The van der Waals surface area contributed by atoms with Gasteiger partial charge in [0.05, 0.1) is 6.61 Å². The number of halogens is 2. The van der Waals surface area contributed by atoms with E-state index in [0.29, 0.717) is 6.61 Å². The zero-order valence-corrected chi connectivity index (χ0v) is 9.13. The summed E-state index contributed by atoms with van der Waals surface area (Å²) < 4.78 is 4.96. The summed E-state index contributed by atoms with van der Waals surface area (Å²) in [5, 5.41) is 0.267. The number of carbonyl (C=O) groups excluding carboxylic acids is 1. The smallest absolute Gasteiger partial charge is 0.359 e. The topological polar surface area (TPSA) is 65.2 Å². The van der Waals surface area contributed by atoms with Gasteiger partial charge in [0, 0.05) is 0 Å². The summed E-state index contributed by atoms with van der Waals surface area (Å²) in [5.74, 6) is -0.532. The van der Waals surface area contributed by atoms with E-state index in [-0.39, 0.29) is 27.6 Å². The van der Waals surface area contributed by atoms with Crippen LogP contribution >= 0.6 is 35.3 Å². The zero-order chi connectivity index (χ0) is 9.14. The molecule has 1 aromatic rings. The predicted octanol–water partition coefficient (Wildman–Crippen LogP) is 1.98. The zero-order valence-electron chi connectivity index (χ0n) is 6.74. The third-order valence-corrected chi connectivity index (χ3v) is 2.15. The number of carbonyl (C=O) groups is 1. The number of hydrogen-bond acceptors (Lipinski definition) is 5. The summed E-state index contributed by atoms with van der Waals surface area (Å²) in [7, 11) is 0. The maximum atomic E-state index is 11.1. The van der Waals surface area contributed by atoms with Gasteiger partial charge in [0.15, 0.2) is 10.8 Å². The van der Waals surface area contributed by atoms with Crippen molar-refractivity contribution in [3.05, 3.63) is 10.0 Å². The molecule has 0 saturated carbocycles. The highest BCUT2D eigenvalue weighted by atomic mass is 35.5. The number of ether oxygens (including phenoxy) is 1. The molecule has 7 heteroatoms. The Kier molecular flexibility index (Phi) is 5.05. The van der Waals surface area contributed by atoms with Gasteiger partial charge in [-0.2, -0.15) is 0 Å². The van der Waals surface area contributed by atoms with Gasteiger partial charge >= 0.3 is 5.97 Å². The van der Waals surface area contributed by atoms with Gasteiger partial charge in [-0.25, -0.2) is 9.78 Å². The molecule has 0 bridgehead atoms. The quantitative estimate of drug-likeness (QED) is 0.806. The van der Waals surface area contributed by atoms with E-state index in [4.69, 9.17) is 17.3 Å². The fourth-order valence-corrected chi connectivity index (χ4v) is 1.55. The lowest BCUT2D eigenvalue weighted by Gasteiger charge is -1.96. The van der Waals surface area contributed by atoms with Crippen molar-refractivity contribution in [3.63, 3.8) is 0 Å². The van der Waals surface area contributed by atoms with Gasteiger partial charge < -0.3 is 10.5 Å². The molecule has 1 rings (SSSR count). The number of hydrogen-bond donors (Lipinski definition) is 1. The fourth-order valence-electron chi connectivity index (χ4n) is 0.642. The van der Waals surface area contributed by atoms with Crippen LogP contribution in [-0.4, -0.2) is 17.6 Å². The van der Waals surface area contributed by atoms with Gasteiger partial charge in [-0.3, -0.25) is 0 Å². The van der Waals surface area contributed by atoms with Gasteiger partial charge in [-0.1, -0.05) is 22.9 Å². The van der Waals surface area contributed by atoms with E-state index in [1.807, 2.05) is 0 Å². The van der Waals surface area contributed by atoms with Crippen LogP contribution in [0.2, 0.25) is 4.34 Å². The molecule has 0 fully saturated rings. The minimum atomic E-state index is -0.532. The van der Waals surface area contributed by atoms with Crippen molar-refractivity contribution in [1.82, 2.24) is 4.98 Å². The number of nitrogen functional groups attached to an aromatic ring is 1. The fraction of sp³-hybridized carbons (Fsp3) is 0.333. The van der Waals surface area contributed by atoms with E-state index in [9.17, 15) is 4.79 Å². The van der Waals surface area contributed by atoms with Crippen LogP contribution in [0.25, 0.3) is 0 Å². The molecule has 13 heavy (non-hydrogen) atoms. The number of anilines is 1. The first-order valence-electron chi connectivity index (χ1n) is 3.24. The molecule has 0 spiro atoms. The molecular weight excluding hydrogens is 235 g/mol. The summed E-state index contributed by atoms with van der Waals surface area (Å²) in [5.41, 5.74) is 5.43. The second kappa shape index (κ2) is 5.26. The lowest BCUT2D eigenvalue weighted by Crippen LogP contribution is -2.05. The molecule has 4 nitrogen and oxygen atoms in total. The lowest BCUT2D eigenvalue weighted by molar-refractivity contribution is 0.0521. The molecule has 74 valence electrons. The van der Waals surface area contributed by atoms with Crippen molar-refractivity contribution >= 4 is 46.4 Å². The summed E-state index contributed by atoms with van der Waals surface area (Å²) in [4.78, 5) is 14.8. The molecule has 0 aromatic carbocycles. The summed E-state index contributed by atoms with van der Waals surface area (Å²) in [6.45, 7) is 2.01. The highest BCUT2D eigenvalue weighted by Crippen LogP contribution is 2.26. The van der Waals surface area contributed by atoms with E-state index in [2.05, 4.69) is 9.72 Å². The summed E-state index contributed by atoms with van der Waals surface area (Å²) in [6, 6.07) is 0. The van der Waals surface area contributed by atoms with E-state index < -0.39 is 5.97 Å². The number of aromatic nitrogens is 1. The number of rotatable bonds is 2. The average molecular weight is 243 g/mol. The third kappa shape index (κ3) is 3.02. The first-order valence-corrected chi connectivity index (χ1v) is 4.43. The molecule has 0 atom stereocenters. The highest BCUT2D eigenvalue weighted by molar-refractivity contribution is 7.19. The molecule has 0 saturated heterocycles. The van der Waals surface area contributed by atoms with Gasteiger partial charge in [-0.15, -0.1) is 12.4 Å². The van der Waals surface area contributed by atoms with Gasteiger partial charge in [-0.05, 0) is 6.92 Å². The Hall–Kier alpha value is -0.520. The molecule has 0 aliphatic heterocycles. The number of thiazole rings is 1. The number of nitrogens with two attached hydrogens (primary N) is 1. The minimum Gasteiger partial charge on any atom is -0.461 e. The van der Waals surface area contributed by atoms with Gasteiger partial charge in [0.1, 0.15) is 4.34 Å². The SMILES string of the molecule is CCOC(=O)c1nc(N)sc1Cl.Cl. The largest absolute Gasteiger partial charge is 0.461 e. The second-order valence-corrected chi connectivity index (χ2v) is 3.53. The summed E-state index contributed by atoms with van der Waals surface area (Å²) >= 11 is 6.71. The van der Waals surface area contributed by atoms with Crippen LogP contribution in [0.5, 0.6) is 0 Å². The first-order chi connectivity index (χ1) is 5.65. The Morgan fingerprint density at radius 3 is 2.77 bits per heavy atom. The molecule has 1 heterocycles. The average Bonchev–Trinajstić information content (AvgIpc) is 2.30. The van der Waals surface area contributed by atoms with Crippen molar-refractivity contribution in [1.29, 1.82) is 0 Å². The number of esters is 1. The molecule has 0 unspecified atom stereocenters. The Labute approximate surface area is 90.5 Å². The van der Waals surface area contributed by atoms with Crippen molar-refractivity contribution < 1.29 is 9.53 Å². The molecule has 1 aromatic heterocycles. The third-order valence-electron chi connectivity index (χ3n) is 1.07. The Morgan fingerprint density at radius 1 is 1.77 bits per heavy atom. The Balaban J connectivity index is 0.00000144. The van der Waals surface area contributed by atoms with Crippen molar-refractivity contribution in [2.45, 2.75) is 6.92 Å². The van der Waals surface area contributed by atoms with Crippen LogP contribution in [0.15, 0.2) is 0 Å². The van der Waals surface area contributed by atoms with Crippen LogP contribution in [0, 0.1) is 0 Å². The van der Waals surface area contributed by atoms with Crippen molar-refractivity contribution in [3.8, 4) is 0 Å². The van der Waals surface area contributed by atoms with Crippen LogP contribution in [0.1, 0.15) is 17.4 Å². The molecular formula is C6H8Cl2N2O2S. The van der Waals surface area contributed by atoms with Crippen LogP contribution in [0.3, 0.4) is 0 Å². The van der Waals surface area contributed by atoms with Crippen LogP contribution in [0.4, 0.5) is 5.13 Å². The summed E-state index contributed by atoms with van der Waals surface area (Å²) in [6.07, 6.45) is 0. The Morgan fingerprint density at radius 2 is 2.38 bits per heavy atom. The molecule has 0 radical (unpaired) electrons. The van der Waals surface area contributed by atoms with E-state index in [0.717, 1.165) is 11.3 Å². The van der Waals surface area contributed by atoms with Gasteiger partial charge in [0.25, 0.3) is 0 Å². The van der Waals surface area contributed by atoms with Crippen LogP contribution < -0.4 is 5.73 Å². The standard InChI is InChI=1S/C6H7ClN2O2S.ClH/c1-2-11-5(10)3-4(7)12-6(8)9-3;/h2H2,1H3,(H2,8,9);1H. The second-order valence-electron chi connectivity index (χ2n) is 1.89. The molecule has 2 N–H and O–H groups in total. The van der Waals surface area contributed by atoms with E-state index in [1.54, 1.807) is 6.92 Å². The molecule has 0 aliphatic rings. The lowest BCUT2D eigenvalue weighted by atomic mass is 10.5. The van der Waals surface area contributed by atoms with Gasteiger partial charge in [0.2, 0.25) is 0 Å². The van der Waals surface area contributed by atoms with E-state index >= 15 is 0 Å².